The molecule has 0 aliphatic heterocycles. The van der Waals surface area contributed by atoms with Crippen molar-refractivity contribution in [3.05, 3.63) is 108 Å². The number of fused-ring (bicyclic) bond motifs is 2. The average molecular weight is 437 g/mol. The Morgan fingerprint density at radius 2 is 0.909 bits per heavy atom. The summed E-state index contributed by atoms with van der Waals surface area (Å²) in [5.41, 5.74) is 2.47. The smallest absolute Gasteiger partial charge is 0.119 e. The van der Waals surface area contributed by atoms with Gasteiger partial charge in [-0.15, -0.1) is 0 Å². The first kappa shape index (κ1) is 21.1. The topological polar surface area (TPSA) is 31.6 Å². The summed E-state index contributed by atoms with van der Waals surface area (Å²) in [5, 5.41) is 4.75. The van der Waals surface area contributed by atoms with Crippen molar-refractivity contribution in [2.45, 2.75) is 25.7 Å². The zero-order chi connectivity index (χ0) is 22.9. The zero-order valence-corrected chi connectivity index (χ0v) is 19.5. The molecule has 166 valence electrons. The molecular formula is C30H28O3. The highest BCUT2D eigenvalue weighted by molar-refractivity contribution is 5.85. The van der Waals surface area contributed by atoms with Crippen molar-refractivity contribution in [2.24, 2.45) is 0 Å². The second-order valence-electron chi connectivity index (χ2n) is 8.63. The molecule has 5 rings (SSSR count). The number of benzene rings is 4. The SMILES string of the molecule is COc1ccc2cc(C(C)c3ccc(C(C)c4ccc5cc(OC)ccc5c4)o3)ccc2c1. The minimum absolute atomic E-state index is 0.168. The molecule has 2 unspecified atom stereocenters. The van der Waals surface area contributed by atoms with Gasteiger partial charge >= 0.3 is 0 Å². The van der Waals surface area contributed by atoms with Gasteiger partial charge in [0.25, 0.3) is 0 Å². The fourth-order valence-corrected chi connectivity index (χ4v) is 4.44. The summed E-state index contributed by atoms with van der Waals surface area (Å²) >= 11 is 0. The van der Waals surface area contributed by atoms with Crippen LogP contribution in [-0.4, -0.2) is 14.2 Å². The third kappa shape index (κ3) is 4.07. The third-order valence-corrected chi connectivity index (χ3v) is 6.64. The average Bonchev–Trinajstić information content (AvgIpc) is 3.36. The highest BCUT2D eigenvalue weighted by Gasteiger charge is 2.18. The van der Waals surface area contributed by atoms with Gasteiger partial charge < -0.3 is 13.9 Å². The summed E-state index contributed by atoms with van der Waals surface area (Å²) in [6.07, 6.45) is 0. The number of furan rings is 1. The van der Waals surface area contributed by atoms with Crippen LogP contribution >= 0.6 is 0 Å². The molecule has 0 radical (unpaired) electrons. The molecule has 1 aromatic heterocycles. The van der Waals surface area contributed by atoms with Gasteiger partial charge in [0.05, 0.1) is 14.2 Å². The van der Waals surface area contributed by atoms with Gasteiger partial charge in [0, 0.05) is 11.8 Å². The van der Waals surface area contributed by atoms with E-state index >= 15 is 0 Å². The van der Waals surface area contributed by atoms with Gasteiger partial charge in [-0.2, -0.15) is 0 Å². The van der Waals surface area contributed by atoms with Crippen LogP contribution in [0, 0.1) is 0 Å². The van der Waals surface area contributed by atoms with Crippen molar-refractivity contribution in [3.8, 4) is 11.5 Å². The van der Waals surface area contributed by atoms with Crippen molar-refractivity contribution in [3.63, 3.8) is 0 Å². The maximum atomic E-state index is 6.37. The molecule has 0 saturated heterocycles. The lowest BCUT2D eigenvalue weighted by atomic mass is 9.95. The maximum Gasteiger partial charge on any atom is 0.119 e. The fourth-order valence-electron chi connectivity index (χ4n) is 4.44. The number of hydrogen-bond donors (Lipinski definition) is 0. The summed E-state index contributed by atoms with van der Waals surface area (Å²) in [7, 11) is 3.39. The number of hydrogen-bond acceptors (Lipinski definition) is 3. The molecule has 0 amide bonds. The van der Waals surface area contributed by atoms with Crippen LogP contribution < -0.4 is 9.47 Å². The lowest BCUT2D eigenvalue weighted by molar-refractivity contribution is 0.415. The highest BCUT2D eigenvalue weighted by atomic mass is 16.5. The molecule has 3 heteroatoms. The van der Waals surface area contributed by atoms with E-state index in [1.165, 1.54) is 32.7 Å². The van der Waals surface area contributed by atoms with Crippen LogP contribution in [0.5, 0.6) is 11.5 Å². The zero-order valence-electron chi connectivity index (χ0n) is 19.5. The standard InChI is InChI=1S/C30H28O3/c1-19(21-5-7-25-17-27(31-3)11-9-23(25)15-21)29-13-14-30(33-29)20(2)22-6-8-26-18-28(32-4)12-10-24(26)16-22/h5-20H,1-4H3. The number of methoxy groups -OCH3 is 2. The first-order valence-corrected chi connectivity index (χ1v) is 11.3. The molecule has 0 bridgehead atoms. The van der Waals surface area contributed by atoms with E-state index in [1.54, 1.807) is 14.2 Å². The third-order valence-electron chi connectivity index (χ3n) is 6.64. The number of rotatable bonds is 6. The second kappa shape index (κ2) is 8.67. The van der Waals surface area contributed by atoms with E-state index in [4.69, 9.17) is 13.9 Å². The minimum Gasteiger partial charge on any atom is -0.497 e. The summed E-state index contributed by atoms with van der Waals surface area (Å²) in [6, 6.07) is 29.7. The van der Waals surface area contributed by atoms with E-state index in [-0.39, 0.29) is 11.8 Å². The molecule has 0 aliphatic carbocycles. The van der Waals surface area contributed by atoms with Gasteiger partial charge in [0.2, 0.25) is 0 Å². The molecular weight excluding hydrogens is 408 g/mol. The van der Waals surface area contributed by atoms with E-state index in [2.05, 4.69) is 86.6 Å². The molecule has 4 aromatic carbocycles. The van der Waals surface area contributed by atoms with Gasteiger partial charge in [0.15, 0.2) is 0 Å². The van der Waals surface area contributed by atoms with Gasteiger partial charge in [-0.25, -0.2) is 0 Å². The Hall–Kier alpha value is -3.72. The molecule has 33 heavy (non-hydrogen) atoms. The summed E-state index contributed by atoms with van der Waals surface area (Å²) in [6.45, 7) is 4.39. The Bertz CT molecular complexity index is 1320. The molecule has 5 aromatic rings. The van der Waals surface area contributed by atoms with E-state index in [1.807, 2.05) is 12.1 Å². The molecule has 0 fully saturated rings. The van der Waals surface area contributed by atoms with Crippen molar-refractivity contribution in [1.82, 2.24) is 0 Å². The normalized spacial score (nSPS) is 13.2. The van der Waals surface area contributed by atoms with E-state index < -0.39 is 0 Å². The van der Waals surface area contributed by atoms with E-state index in [9.17, 15) is 0 Å². The molecule has 0 saturated carbocycles. The van der Waals surface area contributed by atoms with Crippen LogP contribution in [0.1, 0.15) is 48.3 Å². The largest absolute Gasteiger partial charge is 0.497 e. The van der Waals surface area contributed by atoms with Crippen molar-refractivity contribution in [2.75, 3.05) is 14.2 Å². The second-order valence-corrected chi connectivity index (χ2v) is 8.63. The molecule has 1 heterocycles. The summed E-state index contributed by atoms with van der Waals surface area (Å²) in [4.78, 5) is 0. The minimum atomic E-state index is 0.168. The molecule has 0 aliphatic rings. The summed E-state index contributed by atoms with van der Waals surface area (Å²) in [5.74, 6) is 4.05. The predicted octanol–water partition coefficient (Wildman–Crippen LogP) is 7.91. The van der Waals surface area contributed by atoms with Gasteiger partial charge in [-0.1, -0.05) is 62.4 Å². The summed E-state index contributed by atoms with van der Waals surface area (Å²) < 4.78 is 17.1. The predicted molar refractivity (Wildman–Crippen MR) is 135 cm³/mol. The number of ether oxygens (including phenoxy) is 2. The lowest BCUT2D eigenvalue weighted by Crippen LogP contribution is -1.96. The van der Waals surface area contributed by atoms with Crippen LogP contribution in [0.4, 0.5) is 0 Å². The Balaban J connectivity index is 1.40. The lowest BCUT2D eigenvalue weighted by Gasteiger charge is -2.13. The Kier molecular flexibility index (Phi) is 5.55. The molecule has 3 nitrogen and oxygen atoms in total. The fraction of sp³-hybridized carbons (Fsp3) is 0.200. The first-order valence-electron chi connectivity index (χ1n) is 11.3. The Morgan fingerprint density at radius 3 is 1.33 bits per heavy atom. The first-order chi connectivity index (χ1) is 16.1. The molecule has 2 atom stereocenters. The van der Waals surface area contributed by atoms with Crippen molar-refractivity contribution < 1.29 is 13.9 Å². The monoisotopic (exact) mass is 436 g/mol. The quantitative estimate of drug-likeness (QED) is 0.271. The van der Waals surface area contributed by atoms with Gasteiger partial charge in [0.1, 0.15) is 23.0 Å². The Labute approximate surface area is 194 Å². The van der Waals surface area contributed by atoms with E-state index in [0.717, 1.165) is 23.0 Å². The molecule has 0 N–H and O–H groups in total. The van der Waals surface area contributed by atoms with Crippen molar-refractivity contribution >= 4 is 21.5 Å². The van der Waals surface area contributed by atoms with E-state index in [0.29, 0.717) is 0 Å². The van der Waals surface area contributed by atoms with Gasteiger partial charge in [-0.3, -0.25) is 0 Å². The highest BCUT2D eigenvalue weighted by Crippen LogP contribution is 2.34. The van der Waals surface area contributed by atoms with Crippen LogP contribution in [0.15, 0.2) is 89.3 Å². The van der Waals surface area contributed by atoms with Gasteiger partial charge in [-0.05, 0) is 69.1 Å². The molecule has 0 spiro atoms. The van der Waals surface area contributed by atoms with Crippen molar-refractivity contribution in [1.29, 1.82) is 0 Å². The van der Waals surface area contributed by atoms with Crippen LogP contribution in [0.2, 0.25) is 0 Å². The Morgan fingerprint density at radius 1 is 0.515 bits per heavy atom. The van der Waals surface area contributed by atoms with Crippen LogP contribution in [0.25, 0.3) is 21.5 Å². The van der Waals surface area contributed by atoms with Crippen LogP contribution in [0.3, 0.4) is 0 Å². The maximum absolute atomic E-state index is 6.37. The van der Waals surface area contributed by atoms with Crippen LogP contribution in [-0.2, 0) is 0 Å².